The van der Waals surface area contributed by atoms with E-state index >= 15 is 0 Å². The van der Waals surface area contributed by atoms with Gasteiger partial charge in [0.05, 0.1) is 10.9 Å². The van der Waals surface area contributed by atoms with Gasteiger partial charge in [0.15, 0.2) is 0 Å². The number of benzene rings is 1. The molecule has 31 heavy (non-hydrogen) atoms. The number of alkyl halides is 3. The molecule has 0 aliphatic heterocycles. The SMILES string of the molecule is CCCC(=O)OC1CCCCC1NC(=O)c1cc(-c2ccc(OC(F)(F)F)cc2)cs1. The van der Waals surface area contributed by atoms with E-state index in [1.807, 2.05) is 6.92 Å². The highest BCUT2D eigenvalue weighted by molar-refractivity contribution is 7.12. The van der Waals surface area contributed by atoms with Crippen molar-refractivity contribution in [2.45, 2.75) is 64.0 Å². The van der Waals surface area contributed by atoms with Crippen molar-refractivity contribution in [3.63, 3.8) is 0 Å². The molecule has 3 rings (SSSR count). The molecule has 5 nitrogen and oxygen atoms in total. The lowest BCUT2D eigenvalue weighted by Gasteiger charge is -2.31. The number of nitrogens with one attached hydrogen (secondary N) is 1. The maximum atomic E-state index is 12.7. The zero-order chi connectivity index (χ0) is 22.4. The molecule has 1 aromatic heterocycles. The maximum absolute atomic E-state index is 12.7. The van der Waals surface area contributed by atoms with Crippen LogP contribution in [-0.2, 0) is 9.53 Å². The first kappa shape index (κ1) is 23.1. The van der Waals surface area contributed by atoms with Gasteiger partial charge in [-0.05, 0) is 60.4 Å². The number of halogens is 3. The lowest BCUT2D eigenvalue weighted by molar-refractivity contribution is -0.274. The molecule has 1 saturated carbocycles. The van der Waals surface area contributed by atoms with Crippen LogP contribution in [0.4, 0.5) is 13.2 Å². The molecule has 1 aliphatic rings. The van der Waals surface area contributed by atoms with Crippen LogP contribution < -0.4 is 10.1 Å². The summed E-state index contributed by atoms with van der Waals surface area (Å²) in [4.78, 5) is 25.1. The summed E-state index contributed by atoms with van der Waals surface area (Å²) in [5.41, 5.74) is 1.40. The first-order valence-corrected chi connectivity index (χ1v) is 11.1. The van der Waals surface area contributed by atoms with Gasteiger partial charge in [0.1, 0.15) is 11.9 Å². The van der Waals surface area contributed by atoms with E-state index in [9.17, 15) is 22.8 Å². The molecule has 0 radical (unpaired) electrons. The van der Waals surface area contributed by atoms with E-state index < -0.39 is 6.36 Å². The Morgan fingerprint density at radius 2 is 1.84 bits per heavy atom. The Balaban J connectivity index is 1.63. The van der Waals surface area contributed by atoms with Crippen LogP contribution in [0.5, 0.6) is 5.75 Å². The molecule has 1 amide bonds. The largest absolute Gasteiger partial charge is 0.573 e. The monoisotopic (exact) mass is 455 g/mol. The highest BCUT2D eigenvalue weighted by Crippen LogP contribution is 2.30. The number of hydrogen-bond acceptors (Lipinski definition) is 5. The summed E-state index contributed by atoms with van der Waals surface area (Å²) in [5.74, 6) is -0.799. The predicted octanol–water partition coefficient (Wildman–Crippen LogP) is 5.70. The van der Waals surface area contributed by atoms with Gasteiger partial charge in [-0.15, -0.1) is 24.5 Å². The smallest absolute Gasteiger partial charge is 0.460 e. The van der Waals surface area contributed by atoms with Gasteiger partial charge in [0.2, 0.25) is 0 Å². The number of hydrogen-bond donors (Lipinski definition) is 1. The van der Waals surface area contributed by atoms with Gasteiger partial charge in [-0.3, -0.25) is 9.59 Å². The van der Waals surface area contributed by atoms with Crippen LogP contribution in [0.1, 0.15) is 55.1 Å². The number of rotatable bonds is 7. The third kappa shape index (κ3) is 6.72. The van der Waals surface area contributed by atoms with E-state index in [2.05, 4.69) is 10.1 Å². The van der Waals surface area contributed by atoms with Crippen LogP contribution in [0.25, 0.3) is 11.1 Å². The molecule has 0 saturated heterocycles. The quantitative estimate of drug-likeness (QED) is 0.544. The maximum Gasteiger partial charge on any atom is 0.573 e. The second-order valence-electron chi connectivity index (χ2n) is 7.41. The average molecular weight is 455 g/mol. The van der Waals surface area contributed by atoms with Crippen molar-refractivity contribution in [3.05, 3.63) is 40.6 Å². The minimum absolute atomic E-state index is 0.230. The van der Waals surface area contributed by atoms with Crippen LogP contribution in [0, 0.1) is 0 Å². The van der Waals surface area contributed by atoms with Gasteiger partial charge >= 0.3 is 12.3 Å². The van der Waals surface area contributed by atoms with Gasteiger partial charge in [0.25, 0.3) is 5.91 Å². The normalized spacial score (nSPS) is 19.0. The van der Waals surface area contributed by atoms with E-state index in [4.69, 9.17) is 4.74 Å². The molecule has 2 atom stereocenters. The fourth-order valence-corrected chi connectivity index (χ4v) is 4.35. The van der Waals surface area contributed by atoms with Crippen LogP contribution in [0.3, 0.4) is 0 Å². The summed E-state index contributed by atoms with van der Waals surface area (Å²) in [7, 11) is 0. The van der Waals surface area contributed by atoms with E-state index in [0.717, 1.165) is 31.2 Å². The van der Waals surface area contributed by atoms with Crippen molar-refractivity contribution < 1.29 is 32.2 Å². The van der Waals surface area contributed by atoms with Gasteiger partial charge < -0.3 is 14.8 Å². The standard InChI is InChI=1S/C22H24F3NO4S/c1-2-5-20(27)29-18-7-4-3-6-17(18)26-21(28)19-12-15(13-31-19)14-8-10-16(11-9-14)30-22(23,24)25/h8-13,17-18H,2-7H2,1H3,(H,26,28). The fraction of sp³-hybridized carbons (Fsp3) is 0.455. The van der Waals surface area contributed by atoms with Crippen molar-refractivity contribution >= 4 is 23.2 Å². The van der Waals surface area contributed by atoms with Crippen molar-refractivity contribution in [1.29, 1.82) is 0 Å². The average Bonchev–Trinajstić information content (AvgIpc) is 3.19. The van der Waals surface area contributed by atoms with Gasteiger partial charge in [-0.25, -0.2) is 0 Å². The van der Waals surface area contributed by atoms with Crippen LogP contribution in [0.2, 0.25) is 0 Å². The first-order chi connectivity index (χ1) is 14.7. The molecule has 2 unspecified atom stereocenters. The van der Waals surface area contributed by atoms with E-state index in [1.54, 1.807) is 11.4 Å². The van der Waals surface area contributed by atoms with E-state index in [1.165, 1.54) is 35.6 Å². The van der Waals surface area contributed by atoms with Crippen LogP contribution in [-0.4, -0.2) is 30.4 Å². The molecule has 1 heterocycles. The van der Waals surface area contributed by atoms with Crippen molar-refractivity contribution in [1.82, 2.24) is 5.32 Å². The molecule has 1 fully saturated rings. The number of carbonyl (C=O) groups excluding carboxylic acids is 2. The molecular formula is C22H24F3NO4S. The van der Waals surface area contributed by atoms with Gasteiger partial charge in [-0.2, -0.15) is 0 Å². The number of amides is 1. The topological polar surface area (TPSA) is 64.6 Å². The highest BCUT2D eigenvalue weighted by Gasteiger charge is 2.31. The van der Waals surface area contributed by atoms with Crippen molar-refractivity contribution in [2.75, 3.05) is 0 Å². The second-order valence-corrected chi connectivity index (χ2v) is 8.33. The van der Waals surface area contributed by atoms with Gasteiger partial charge in [-0.1, -0.05) is 25.5 Å². The molecule has 0 bridgehead atoms. The Kier molecular flexibility index (Phi) is 7.59. The molecule has 1 N–H and O–H groups in total. The number of thiophene rings is 1. The predicted molar refractivity (Wildman–Crippen MR) is 111 cm³/mol. The molecule has 9 heteroatoms. The second kappa shape index (κ2) is 10.2. The lowest BCUT2D eigenvalue weighted by Crippen LogP contribution is -2.46. The van der Waals surface area contributed by atoms with E-state index in [-0.39, 0.29) is 29.8 Å². The van der Waals surface area contributed by atoms with Crippen molar-refractivity contribution in [3.8, 4) is 16.9 Å². The Hall–Kier alpha value is -2.55. The summed E-state index contributed by atoms with van der Waals surface area (Å²) in [6.07, 6.45) is -0.615. The fourth-order valence-electron chi connectivity index (χ4n) is 3.53. The Labute approximate surface area is 182 Å². The molecular weight excluding hydrogens is 431 g/mol. The molecule has 168 valence electrons. The Morgan fingerprint density at radius 3 is 2.52 bits per heavy atom. The van der Waals surface area contributed by atoms with Crippen molar-refractivity contribution in [2.24, 2.45) is 0 Å². The minimum atomic E-state index is -4.74. The summed E-state index contributed by atoms with van der Waals surface area (Å²) in [6.45, 7) is 1.91. The van der Waals surface area contributed by atoms with Crippen LogP contribution in [0.15, 0.2) is 35.7 Å². The lowest BCUT2D eigenvalue weighted by atomic mass is 9.92. The highest BCUT2D eigenvalue weighted by atomic mass is 32.1. The number of carbonyl (C=O) groups is 2. The van der Waals surface area contributed by atoms with Gasteiger partial charge in [0, 0.05) is 6.42 Å². The molecule has 0 spiro atoms. The molecule has 1 aromatic carbocycles. The minimum Gasteiger partial charge on any atom is -0.460 e. The zero-order valence-electron chi connectivity index (χ0n) is 17.0. The summed E-state index contributed by atoms with van der Waals surface area (Å²) in [6, 6.07) is 6.95. The number of ether oxygens (including phenoxy) is 2. The number of esters is 1. The first-order valence-electron chi connectivity index (χ1n) is 10.2. The Morgan fingerprint density at radius 1 is 1.13 bits per heavy atom. The third-order valence-electron chi connectivity index (χ3n) is 5.00. The third-order valence-corrected chi connectivity index (χ3v) is 5.93. The zero-order valence-corrected chi connectivity index (χ0v) is 17.9. The molecule has 2 aromatic rings. The Bertz CT molecular complexity index is 895. The van der Waals surface area contributed by atoms with Crippen LogP contribution >= 0.6 is 11.3 Å². The summed E-state index contributed by atoms with van der Waals surface area (Å²) < 4.78 is 46.3. The summed E-state index contributed by atoms with van der Waals surface area (Å²) >= 11 is 1.25. The summed E-state index contributed by atoms with van der Waals surface area (Å²) in [5, 5.41) is 4.75. The van der Waals surface area contributed by atoms with E-state index in [0.29, 0.717) is 23.3 Å². The molecule has 1 aliphatic carbocycles.